The van der Waals surface area contributed by atoms with Crippen molar-refractivity contribution in [1.82, 2.24) is 9.88 Å². The van der Waals surface area contributed by atoms with Gasteiger partial charge in [0.2, 0.25) is 5.88 Å². The summed E-state index contributed by atoms with van der Waals surface area (Å²) in [5, 5.41) is 2.81. The van der Waals surface area contributed by atoms with Crippen LogP contribution in [-0.4, -0.2) is 69.5 Å². The van der Waals surface area contributed by atoms with Gasteiger partial charge < -0.3 is 24.3 Å². The molecular formula is C20H25N3O5. The highest BCUT2D eigenvalue weighted by atomic mass is 16.5. The lowest BCUT2D eigenvalue weighted by Gasteiger charge is -2.26. The zero-order chi connectivity index (χ0) is 19.8. The molecule has 0 saturated carbocycles. The van der Waals surface area contributed by atoms with Crippen LogP contribution in [0.5, 0.6) is 17.4 Å². The number of anilines is 1. The number of carbonyl (C=O) groups is 1. The molecule has 1 fully saturated rings. The first-order valence-electron chi connectivity index (χ1n) is 9.12. The van der Waals surface area contributed by atoms with Crippen molar-refractivity contribution in [3.05, 3.63) is 42.1 Å². The summed E-state index contributed by atoms with van der Waals surface area (Å²) in [6, 6.07) is 8.49. The molecule has 28 heavy (non-hydrogen) atoms. The van der Waals surface area contributed by atoms with Gasteiger partial charge in [0.25, 0.3) is 5.91 Å². The fourth-order valence-electron chi connectivity index (χ4n) is 2.82. The monoisotopic (exact) mass is 387 g/mol. The molecule has 0 radical (unpaired) electrons. The van der Waals surface area contributed by atoms with Crippen molar-refractivity contribution >= 4 is 11.6 Å². The Hall–Kier alpha value is -2.84. The molecular weight excluding hydrogens is 362 g/mol. The molecule has 0 aliphatic carbocycles. The number of aromatic nitrogens is 1. The van der Waals surface area contributed by atoms with Gasteiger partial charge in [0, 0.05) is 31.3 Å². The van der Waals surface area contributed by atoms with E-state index in [9.17, 15) is 4.79 Å². The number of morpholine rings is 1. The number of hydrogen-bond acceptors (Lipinski definition) is 7. The lowest BCUT2D eigenvalue weighted by Crippen LogP contribution is -2.38. The Morgan fingerprint density at radius 2 is 1.93 bits per heavy atom. The predicted molar refractivity (Wildman–Crippen MR) is 104 cm³/mol. The molecule has 1 aromatic heterocycles. The van der Waals surface area contributed by atoms with Gasteiger partial charge in [0.15, 0.2) is 11.5 Å². The summed E-state index contributed by atoms with van der Waals surface area (Å²) in [6.45, 7) is 4.79. The highest BCUT2D eigenvalue weighted by Crippen LogP contribution is 2.27. The number of nitrogens with zero attached hydrogens (tertiary/aromatic N) is 2. The van der Waals surface area contributed by atoms with Crippen molar-refractivity contribution in [3.8, 4) is 17.4 Å². The number of carbonyl (C=O) groups excluding carboxylic acids is 1. The summed E-state index contributed by atoms with van der Waals surface area (Å²) >= 11 is 0. The van der Waals surface area contributed by atoms with Gasteiger partial charge in [-0.25, -0.2) is 4.98 Å². The second-order valence-electron chi connectivity index (χ2n) is 6.21. The average Bonchev–Trinajstić information content (AvgIpc) is 2.75. The van der Waals surface area contributed by atoms with E-state index in [1.807, 2.05) is 0 Å². The fraction of sp³-hybridized carbons (Fsp3) is 0.400. The standard InChI is InChI=1S/C20H25N3O5/c1-25-17-5-3-15(13-18(17)26-2)20(24)22-16-4-6-19(21-14-16)28-12-9-23-7-10-27-11-8-23/h3-6,13-14H,7-12H2,1-2H3,(H,22,24). The second kappa shape index (κ2) is 9.91. The molecule has 1 aromatic carbocycles. The molecule has 3 rings (SSSR count). The van der Waals surface area contributed by atoms with Crippen LogP contribution >= 0.6 is 0 Å². The number of rotatable bonds is 8. The van der Waals surface area contributed by atoms with Crippen molar-refractivity contribution in [2.75, 3.05) is 59.0 Å². The van der Waals surface area contributed by atoms with Crippen LogP contribution in [0.2, 0.25) is 0 Å². The van der Waals surface area contributed by atoms with E-state index in [2.05, 4.69) is 15.2 Å². The third-order valence-corrected chi connectivity index (χ3v) is 4.40. The number of benzene rings is 1. The van der Waals surface area contributed by atoms with E-state index in [1.54, 1.807) is 43.6 Å². The number of hydrogen-bond donors (Lipinski definition) is 1. The maximum atomic E-state index is 12.4. The summed E-state index contributed by atoms with van der Waals surface area (Å²) in [4.78, 5) is 19.0. The van der Waals surface area contributed by atoms with E-state index in [1.165, 1.54) is 7.11 Å². The highest BCUT2D eigenvalue weighted by molar-refractivity contribution is 6.04. The van der Waals surface area contributed by atoms with Crippen LogP contribution in [0.3, 0.4) is 0 Å². The summed E-state index contributed by atoms with van der Waals surface area (Å²) in [6.07, 6.45) is 1.57. The summed E-state index contributed by atoms with van der Waals surface area (Å²) < 4.78 is 21.4. The average molecular weight is 387 g/mol. The number of amides is 1. The van der Waals surface area contributed by atoms with E-state index in [-0.39, 0.29) is 5.91 Å². The Morgan fingerprint density at radius 1 is 1.14 bits per heavy atom. The minimum Gasteiger partial charge on any atom is -0.493 e. The lowest BCUT2D eigenvalue weighted by atomic mass is 10.2. The first-order chi connectivity index (χ1) is 13.7. The number of methoxy groups -OCH3 is 2. The van der Waals surface area contributed by atoms with Gasteiger partial charge in [0.05, 0.1) is 39.3 Å². The number of ether oxygens (including phenoxy) is 4. The summed E-state index contributed by atoms with van der Waals surface area (Å²) in [5.41, 5.74) is 1.05. The van der Waals surface area contributed by atoms with Crippen LogP contribution in [0.1, 0.15) is 10.4 Å². The first kappa shape index (κ1) is 19.9. The molecule has 0 unspecified atom stereocenters. The number of nitrogens with one attached hydrogen (secondary N) is 1. The Kier molecular flexibility index (Phi) is 7.05. The van der Waals surface area contributed by atoms with E-state index in [0.29, 0.717) is 35.2 Å². The van der Waals surface area contributed by atoms with E-state index >= 15 is 0 Å². The van der Waals surface area contributed by atoms with Gasteiger partial charge in [-0.15, -0.1) is 0 Å². The smallest absolute Gasteiger partial charge is 0.255 e. The third kappa shape index (κ3) is 5.34. The van der Waals surface area contributed by atoms with Gasteiger partial charge >= 0.3 is 0 Å². The molecule has 1 aliphatic heterocycles. The van der Waals surface area contributed by atoms with Crippen LogP contribution in [-0.2, 0) is 4.74 Å². The van der Waals surface area contributed by atoms with Gasteiger partial charge in [-0.1, -0.05) is 0 Å². The molecule has 1 N–H and O–H groups in total. The molecule has 1 amide bonds. The van der Waals surface area contributed by atoms with Crippen LogP contribution < -0.4 is 19.5 Å². The van der Waals surface area contributed by atoms with Crippen molar-refractivity contribution in [1.29, 1.82) is 0 Å². The maximum Gasteiger partial charge on any atom is 0.255 e. The lowest BCUT2D eigenvalue weighted by molar-refractivity contribution is 0.0320. The van der Waals surface area contributed by atoms with E-state index < -0.39 is 0 Å². The quantitative estimate of drug-likeness (QED) is 0.742. The largest absolute Gasteiger partial charge is 0.493 e. The minimum absolute atomic E-state index is 0.260. The molecule has 2 aromatic rings. The Morgan fingerprint density at radius 3 is 2.61 bits per heavy atom. The van der Waals surface area contributed by atoms with Gasteiger partial charge in [0.1, 0.15) is 6.61 Å². The van der Waals surface area contributed by atoms with Gasteiger partial charge in [-0.05, 0) is 24.3 Å². The minimum atomic E-state index is -0.260. The topological polar surface area (TPSA) is 82.2 Å². The predicted octanol–water partition coefficient (Wildman–Crippen LogP) is 2.06. The molecule has 8 heteroatoms. The molecule has 1 aliphatic rings. The third-order valence-electron chi connectivity index (χ3n) is 4.40. The maximum absolute atomic E-state index is 12.4. The fourth-order valence-corrected chi connectivity index (χ4v) is 2.82. The van der Waals surface area contributed by atoms with Crippen molar-refractivity contribution in [3.63, 3.8) is 0 Å². The van der Waals surface area contributed by atoms with Crippen LogP contribution in [0.15, 0.2) is 36.5 Å². The van der Waals surface area contributed by atoms with Gasteiger partial charge in [-0.2, -0.15) is 0 Å². The molecule has 0 spiro atoms. The summed E-state index contributed by atoms with van der Waals surface area (Å²) in [7, 11) is 3.08. The molecule has 0 bridgehead atoms. The number of pyridine rings is 1. The van der Waals surface area contributed by atoms with Crippen molar-refractivity contribution < 1.29 is 23.7 Å². The van der Waals surface area contributed by atoms with Crippen LogP contribution in [0.25, 0.3) is 0 Å². The van der Waals surface area contributed by atoms with E-state index in [4.69, 9.17) is 18.9 Å². The van der Waals surface area contributed by atoms with Crippen LogP contribution in [0, 0.1) is 0 Å². The normalized spacial score (nSPS) is 14.4. The molecule has 2 heterocycles. The Labute approximate surface area is 164 Å². The van der Waals surface area contributed by atoms with Crippen LogP contribution in [0.4, 0.5) is 5.69 Å². The van der Waals surface area contributed by atoms with Crippen molar-refractivity contribution in [2.24, 2.45) is 0 Å². The van der Waals surface area contributed by atoms with Gasteiger partial charge in [-0.3, -0.25) is 9.69 Å². The van der Waals surface area contributed by atoms with E-state index in [0.717, 1.165) is 32.8 Å². The Bertz CT molecular complexity index is 776. The first-order valence-corrected chi connectivity index (χ1v) is 9.12. The summed E-state index contributed by atoms with van der Waals surface area (Å²) in [5.74, 6) is 1.33. The zero-order valence-corrected chi connectivity index (χ0v) is 16.1. The molecule has 0 atom stereocenters. The molecule has 150 valence electrons. The Balaban J connectivity index is 1.51. The molecule has 8 nitrogen and oxygen atoms in total. The zero-order valence-electron chi connectivity index (χ0n) is 16.1. The SMILES string of the molecule is COc1ccc(C(=O)Nc2ccc(OCCN3CCOCC3)nc2)cc1OC. The van der Waals surface area contributed by atoms with Crippen molar-refractivity contribution in [2.45, 2.75) is 0 Å². The molecule has 1 saturated heterocycles. The highest BCUT2D eigenvalue weighted by Gasteiger charge is 2.12. The second-order valence-corrected chi connectivity index (χ2v) is 6.21.